The monoisotopic (exact) mass is 481 g/mol. The second-order valence-corrected chi connectivity index (χ2v) is 9.01. The fourth-order valence-electron chi connectivity index (χ4n) is 4.82. The zero-order valence-corrected chi connectivity index (χ0v) is 20.5. The van der Waals surface area contributed by atoms with E-state index in [4.69, 9.17) is 9.47 Å². The molecule has 3 heterocycles. The maximum Gasteiger partial charge on any atom is 0.343 e. The van der Waals surface area contributed by atoms with Crippen molar-refractivity contribution in [2.24, 2.45) is 0 Å². The summed E-state index contributed by atoms with van der Waals surface area (Å²) in [4.78, 5) is 54.3. The SMILES string of the molecule is COC(=O)c1c(OCCN2CCCC2=O)cc(=O)n2c1CCN(C(=O)c1ccc(C)cc1C)CC2. The normalized spacial score (nSPS) is 15.6. The van der Waals surface area contributed by atoms with Crippen LogP contribution in [-0.2, 0) is 22.5 Å². The van der Waals surface area contributed by atoms with Crippen LogP contribution in [0.1, 0.15) is 50.4 Å². The predicted molar refractivity (Wildman–Crippen MR) is 129 cm³/mol. The Morgan fingerprint density at radius 2 is 1.80 bits per heavy atom. The van der Waals surface area contributed by atoms with Gasteiger partial charge in [-0.05, 0) is 31.9 Å². The van der Waals surface area contributed by atoms with E-state index in [1.54, 1.807) is 9.80 Å². The lowest BCUT2D eigenvalue weighted by atomic mass is 10.0. The number of ether oxygens (including phenoxy) is 2. The summed E-state index contributed by atoms with van der Waals surface area (Å²) in [6, 6.07) is 7.00. The first kappa shape index (κ1) is 24.5. The average Bonchev–Trinajstić information content (AvgIpc) is 3.10. The molecule has 0 aliphatic carbocycles. The summed E-state index contributed by atoms with van der Waals surface area (Å²) < 4.78 is 12.4. The van der Waals surface area contributed by atoms with Gasteiger partial charge in [0.1, 0.15) is 17.9 Å². The minimum Gasteiger partial charge on any atom is -0.491 e. The molecule has 0 unspecified atom stereocenters. The van der Waals surface area contributed by atoms with Gasteiger partial charge in [-0.3, -0.25) is 14.4 Å². The van der Waals surface area contributed by atoms with Gasteiger partial charge in [0.15, 0.2) is 0 Å². The molecule has 186 valence electrons. The number of amides is 2. The van der Waals surface area contributed by atoms with E-state index in [9.17, 15) is 19.2 Å². The molecule has 0 atom stereocenters. The van der Waals surface area contributed by atoms with Gasteiger partial charge in [-0.15, -0.1) is 0 Å². The largest absolute Gasteiger partial charge is 0.491 e. The number of esters is 1. The van der Waals surface area contributed by atoms with E-state index in [0.29, 0.717) is 50.3 Å². The van der Waals surface area contributed by atoms with Crippen LogP contribution in [0.25, 0.3) is 0 Å². The highest BCUT2D eigenvalue weighted by Gasteiger charge is 2.28. The lowest BCUT2D eigenvalue weighted by Crippen LogP contribution is -2.34. The number of carbonyl (C=O) groups excluding carboxylic acids is 3. The van der Waals surface area contributed by atoms with Crippen LogP contribution < -0.4 is 10.3 Å². The summed E-state index contributed by atoms with van der Waals surface area (Å²) in [6.07, 6.45) is 1.66. The number of hydrogen-bond donors (Lipinski definition) is 0. The molecule has 2 aliphatic rings. The van der Waals surface area contributed by atoms with Crippen LogP contribution in [0.3, 0.4) is 0 Å². The van der Waals surface area contributed by atoms with E-state index in [0.717, 1.165) is 17.5 Å². The summed E-state index contributed by atoms with van der Waals surface area (Å²) in [5.41, 5.74) is 2.99. The van der Waals surface area contributed by atoms with Gasteiger partial charge in [0.25, 0.3) is 11.5 Å². The van der Waals surface area contributed by atoms with Crippen molar-refractivity contribution in [3.63, 3.8) is 0 Å². The number of aryl methyl sites for hydroxylation is 2. The van der Waals surface area contributed by atoms with Crippen molar-refractivity contribution in [3.8, 4) is 5.75 Å². The molecule has 0 N–H and O–H groups in total. The van der Waals surface area contributed by atoms with Crippen molar-refractivity contribution in [2.75, 3.05) is 39.9 Å². The van der Waals surface area contributed by atoms with Gasteiger partial charge < -0.3 is 23.8 Å². The number of fused-ring (bicyclic) bond motifs is 1. The van der Waals surface area contributed by atoms with Crippen molar-refractivity contribution >= 4 is 17.8 Å². The third-order valence-electron chi connectivity index (χ3n) is 6.67. The molecule has 0 saturated carbocycles. The van der Waals surface area contributed by atoms with Crippen molar-refractivity contribution in [2.45, 2.75) is 39.7 Å². The minimum atomic E-state index is -0.602. The number of aromatic nitrogens is 1. The lowest BCUT2D eigenvalue weighted by Gasteiger charge is -2.21. The highest BCUT2D eigenvalue weighted by molar-refractivity contribution is 5.96. The van der Waals surface area contributed by atoms with E-state index in [-0.39, 0.29) is 41.8 Å². The fourth-order valence-corrected chi connectivity index (χ4v) is 4.82. The first-order valence-electron chi connectivity index (χ1n) is 11.9. The smallest absolute Gasteiger partial charge is 0.343 e. The summed E-state index contributed by atoms with van der Waals surface area (Å²) in [7, 11) is 1.28. The topological polar surface area (TPSA) is 98.2 Å². The molecule has 0 spiro atoms. The molecule has 9 heteroatoms. The molecule has 0 radical (unpaired) electrons. The molecule has 0 bridgehead atoms. The summed E-state index contributed by atoms with van der Waals surface area (Å²) in [5, 5.41) is 0. The van der Waals surface area contributed by atoms with Crippen molar-refractivity contribution < 1.29 is 23.9 Å². The second-order valence-electron chi connectivity index (χ2n) is 9.01. The molecule has 9 nitrogen and oxygen atoms in total. The Morgan fingerprint density at radius 3 is 2.49 bits per heavy atom. The van der Waals surface area contributed by atoms with Crippen LogP contribution in [-0.4, -0.2) is 72.0 Å². The third-order valence-corrected chi connectivity index (χ3v) is 6.67. The van der Waals surface area contributed by atoms with Crippen LogP contribution in [0.4, 0.5) is 0 Å². The zero-order valence-electron chi connectivity index (χ0n) is 20.5. The van der Waals surface area contributed by atoms with Crippen LogP contribution in [0.5, 0.6) is 5.75 Å². The van der Waals surface area contributed by atoms with Gasteiger partial charge in [0.05, 0.1) is 13.7 Å². The van der Waals surface area contributed by atoms with Gasteiger partial charge in [-0.25, -0.2) is 4.79 Å². The first-order valence-corrected chi connectivity index (χ1v) is 11.9. The number of hydrogen-bond acceptors (Lipinski definition) is 6. The highest BCUT2D eigenvalue weighted by Crippen LogP contribution is 2.25. The van der Waals surface area contributed by atoms with E-state index in [1.165, 1.54) is 17.7 Å². The Labute approximate surface area is 204 Å². The fraction of sp³-hybridized carbons (Fsp3) is 0.462. The minimum absolute atomic E-state index is 0.0809. The van der Waals surface area contributed by atoms with E-state index in [2.05, 4.69) is 0 Å². The number of rotatable bonds is 6. The van der Waals surface area contributed by atoms with E-state index >= 15 is 0 Å². The Balaban J connectivity index is 1.58. The van der Waals surface area contributed by atoms with Gasteiger partial charge in [-0.2, -0.15) is 0 Å². The molecule has 2 amide bonds. The van der Waals surface area contributed by atoms with Crippen LogP contribution in [0, 0.1) is 13.8 Å². The molecule has 2 aliphatic heterocycles. The zero-order chi connectivity index (χ0) is 25.1. The van der Waals surface area contributed by atoms with Gasteiger partial charge in [-0.1, -0.05) is 17.7 Å². The summed E-state index contributed by atoms with van der Waals surface area (Å²) >= 11 is 0. The highest BCUT2D eigenvalue weighted by atomic mass is 16.5. The summed E-state index contributed by atoms with van der Waals surface area (Å²) in [6.45, 7) is 6.07. The Morgan fingerprint density at radius 1 is 1.00 bits per heavy atom. The molecular formula is C26H31N3O6. The maximum absolute atomic E-state index is 13.2. The number of pyridine rings is 1. The molecule has 2 aromatic rings. The van der Waals surface area contributed by atoms with E-state index < -0.39 is 5.97 Å². The lowest BCUT2D eigenvalue weighted by molar-refractivity contribution is -0.128. The van der Waals surface area contributed by atoms with Gasteiger partial charge in [0, 0.05) is 56.3 Å². The van der Waals surface area contributed by atoms with Crippen molar-refractivity contribution in [1.29, 1.82) is 0 Å². The van der Waals surface area contributed by atoms with Crippen LogP contribution >= 0.6 is 0 Å². The quantitative estimate of drug-likeness (QED) is 0.585. The number of carbonyl (C=O) groups is 3. The molecular weight excluding hydrogens is 450 g/mol. The van der Waals surface area contributed by atoms with Crippen LogP contribution in [0.15, 0.2) is 29.1 Å². The molecule has 4 rings (SSSR count). The summed E-state index contributed by atoms with van der Waals surface area (Å²) in [5.74, 6) is -0.476. The van der Waals surface area contributed by atoms with Gasteiger partial charge in [0.2, 0.25) is 5.91 Å². The molecule has 35 heavy (non-hydrogen) atoms. The Bertz CT molecular complexity index is 1220. The molecule has 1 fully saturated rings. The van der Waals surface area contributed by atoms with Crippen molar-refractivity contribution in [3.05, 3.63) is 62.6 Å². The Hall–Kier alpha value is -3.62. The van der Waals surface area contributed by atoms with Crippen molar-refractivity contribution in [1.82, 2.24) is 14.4 Å². The third kappa shape index (κ3) is 5.08. The maximum atomic E-state index is 13.2. The number of methoxy groups -OCH3 is 1. The molecule has 1 aromatic heterocycles. The number of nitrogens with zero attached hydrogens (tertiary/aromatic N) is 3. The molecule has 1 aromatic carbocycles. The number of benzene rings is 1. The van der Waals surface area contributed by atoms with Gasteiger partial charge >= 0.3 is 5.97 Å². The van der Waals surface area contributed by atoms with E-state index in [1.807, 2.05) is 32.0 Å². The number of likely N-dealkylation sites (tertiary alicyclic amines) is 1. The molecule has 1 saturated heterocycles. The van der Waals surface area contributed by atoms with Crippen LogP contribution in [0.2, 0.25) is 0 Å². The average molecular weight is 482 g/mol. The Kier molecular flexibility index (Phi) is 7.23. The standard InChI is InChI=1S/C26H31N3O6/c1-17-6-7-19(18(2)15-17)25(32)28-10-8-20-24(26(33)34-3)21(16-23(31)29(20)12-11-28)35-14-13-27-9-4-5-22(27)30/h6-7,15-16H,4-5,8-14H2,1-3H3. The first-order chi connectivity index (χ1) is 16.8. The predicted octanol–water partition coefficient (Wildman–Crippen LogP) is 1.95. The second kappa shape index (κ2) is 10.3.